The molecule has 0 atom stereocenters. The van der Waals surface area contributed by atoms with Crippen LogP contribution >= 0.6 is 0 Å². The maximum Gasteiger partial charge on any atom is 0.328 e. The first-order valence-electron chi connectivity index (χ1n) is 9.01. The summed E-state index contributed by atoms with van der Waals surface area (Å²) in [7, 11) is 0. The lowest BCUT2D eigenvalue weighted by Gasteiger charge is -2.19. The lowest BCUT2D eigenvalue weighted by Crippen LogP contribution is -2.49. The van der Waals surface area contributed by atoms with E-state index in [1.54, 1.807) is 36.4 Å². The number of para-hydroxylation sites is 1. The lowest BCUT2D eigenvalue weighted by atomic mass is 10.1. The molecule has 3 amide bonds. The summed E-state index contributed by atoms with van der Waals surface area (Å²) in [6.45, 7) is 2.73. The van der Waals surface area contributed by atoms with E-state index < -0.39 is 17.4 Å². The average molecular weight is 408 g/mol. The first-order chi connectivity index (χ1) is 14.2. The number of rotatable bonds is 6. The largest absolute Gasteiger partial charge is 0.480 e. The van der Waals surface area contributed by atoms with E-state index in [0.717, 1.165) is 0 Å². The quantitative estimate of drug-likeness (QED) is 0.493. The molecule has 154 valence electrons. The van der Waals surface area contributed by atoms with E-state index in [9.17, 15) is 14.4 Å². The van der Waals surface area contributed by atoms with Gasteiger partial charge in [-0.2, -0.15) is 0 Å². The van der Waals surface area contributed by atoms with Gasteiger partial charge >= 0.3 is 12.0 Å². The molecule has 4 N–H and O–H groups in total. The molecular formula is C21H20N4O5. The molecule has 1 heterocycles. The zero-order valence-electron chi connectivity index (χ0n) is 16.3. The number of aliphatic carboxylic acids is 1. The number of benzene rings is 2. The number of hydrogen-bond acceptors (Lipinski definition) is 5. The summed E-state index contributed by atoms with van der Waals surface area (Å²) in [4.78, 5) is 35.3. The molecule has 0 radical (unpaired) electrons. The monoisotopic (exact) mass is 408 g/mol. The molecule has 3 aromatic rings. The summed E-state index contributed by atoms with van der Waals surface area (Å²) < 4.78 is 5.03. The van der Waals surface area contributed by atoms with Gasteiger partial charge in [0.2, 0.25) is 5.76 Å². The molecule has 0 fully saturated rings. The molecule has 3 rings (SSSR count). The van der Waals surface area contributed by atoms with Gasteiger partial charge in [0.25, 0.3) is 5.91 Å². The zero-order chi connectivity index (χ0) is 21.7. The van der Waals surface area contributed by atoms with E-state index in [1.165, 1.54) is 19.9 Å². The summed E-state index contributed by atoms with van der Waals surface area (Å²) >= 11 is 0. The summed E-state index contributed by atoms with van der Waals surface area (Å²) in [6, 6.07) is 16.9. The molecule has 2 aromatic carbocycles. The van der Waals surface area contributed by atoms with E-state index in [2.05, 4.69) is 21.1 Å². The Balaban J connectivity index is 1.63. The lowest BCUT2D eigenvalue weighted by molar-refractivity contribution is -0.143. The minimum atomic E-state index is -1.45. The molecule has 9 heteroatoms. The minimum Gasteiger partial charge on any atom is -0.480 e. The van der Waals surface area contributed by atoms with E-state index in [4.69, 9.17) is 9.63 Å². The highest BCUT2D eigenvalue weighted by Gasteiger charge is 2.30. The van der Waals surface area contributed by atoms with Crippen molar-refractivity contribution in [3.8, 4) is 11.3 Å². The van der Waals surface area contributed by atoms with Crippen LogP contribution < -0.4 is 16.0 Å². The number of carboxylic acid groups (broad SMARTS) is 1. The van der Waals surface area contributed by atoms with Crippen LogP contribution in [0, 0.1) is 0 Å². The standard InChI is InChI=1S/C21H20N4O5/c1-21(2,19(27)28)24-18(26)17-12-16(25-30-17)13-8-10-15(11-9-13)23-20(29)22-14-6-4-3-5-7-14/h3-12H,1-2H3,(H,24,26)(H,27,28)(H2,22,23,29). The first-order valence-corrected chi connectivity index (χ1v) is 9.01. The third-order valence-corrected chi connectivity index (χ3v) is 4.16. The Morgan fingerprint density at radius 1 is 0.933 bits per heavy atom. The number of carbonyl (C=O) groups excluding carboxylic acids is 2. The fraction of sp³-hybridized carbons (Fsp3) is 0.143. The summed E-state index contributed by atoms with van der Waals surface area (Å²) in [5.41, 5.74) is 0.846. The smallest absolute Gasteiger partial charge is 0.328 e. The van der Waals surface area contributed by atoms with Crippen molar-refractivity contribution < 1.29 is 24.0 Å². The molecule has 0 bridgehead atoms. The Kier molecular flexibility index (Phi) is 5.82. The van der Waals surface area contributed by atoms with Crippen LogP contribution in [-0.4, -0.2) is 33.7 Å². The van der Waals surface area contributed by atoms with Gasteiger partial charge in [-0.15, -0.1) is 0 Å². The second-order valence-corrected chi connectivity index (χ2v) is 6.98. The van der Waals surface area contributed by atoms with Gasteiger partial charge in [-0.05, 0) is 38.1 Å². The Bertz CT molecular complexity index is 1060. The molecule has 9 nitrogen and oxygen atoms in total. The molecule has 1 aromatic heterocycles. The van der Waals surface area contributed by atoms with Crippen molar-refractivity contribution >= 4 is 29.3 Å². The van der Waals surface area contributed by atoms with Crippen LogP contribution in [0.5, 0.6) is 0 Å². The molecule has 30 heavy (non-hydrogen) atoms. The van der Waals surface area contributed by atoms with Crippen LogP contribution in [0.25, 0.3) is 11.3 Å². The molecule has 0 unspecified atom stereocenters. The normalized spacial score (nSPS) is 10.9. The predicted molar refractivity (Wildman–Crippen MR) is 110 cm³/mol. The second kappa shape index (κ2) is 8.48. The number of nitrogens with zero attached hydrogens (tertiary/aromatic N) is 1. The van der Waals surface area contributed by atoms with Crippen molar-refractivity contribution in [1.82, 2.24) is 10.5 Å². The zero-order valence-corrected chi connectivity index (χ0v) is 16.3. The molecule has 0 saturated heterocycles. The van der Waals surface area contributed by atoms with Gasteiger partial charge in [0.15, 0.2) is 0 Å². The van der Waals surface area contributed by atoms with Crippen LogP contribution in [0.3, 0.4) is 0 Å². The number of urea groups is 1. The van der Waals surface area contributed by atoms with Crippen molar-refractivity contribution in [1.29, 1.82) is 0 Å². The number of aromatic nitrogens is 1. The van der Waals surface area contributed by atoms with Gasteiger partial charge in [0.1, 0.15) is 11.2 Å². The maximum atomic E-state index is 12.2. The molecular weight excluding hydrogens is 388 g/mol. The maximum absolute atomic E-state index is 12.2. The van der Waals surface area contributed by atoms with Crippen molar-refractivity contribution in [2.75, 3.05) is 10.6 Å². The molecule has 0 spiro atoms. The van der Waals surface area contributed by atoms with Crippen LogP contribution in [0.4, 0.5) is 16.2 Å². The van der Waals surface area contributed by atoms with Gasteiger partial charge < -0.3 is 25.6 Å². The van der Waals surface area contributed by atoms with Gasteiger partial charge in [-0.3, -0.25) is 4.79 Å². The fourth-order valence-corrected chi connectivity index (χ4v) is 2.46. The van der Waals surface area contributed by atoms with Crippen LogP contribution in [0.15, 0.2) is 65.2 Å². The average Bonchev–Trinajstić information content (AvgIpc) is 3.19. The Hall–Kier alpha value is -4.14. The van der Waals surface area contributed by atoms with Gasteiger partial charge in [-0.1, -0.05) is 35.5 Å². The van der Waals surface area contributed by atoms with Crippen molar-refractivity contribution in [3.63, 3.8) is 0 Å². The van der Waals surface area contributed by atoms with Crippen LogP contribution in [0.1, 0.15) is 24.4 Å². The molecule has 0 aliphatic rings. The highest BCUT2D eigenvalue weighted by Crippen LogP contribution is 2.22. The number of nitrogens with one attached hydrogen (secondary N) is 3. The SMILES string of the molecule is CC(C)(NC(=O)c1cc(-c2ccc(NC(=O)Nc3ccccc3)cc2)no1)C(=O)O. The highest BCUT2D eigenvalue weighted by atomic mass is 16.5. The third kappa shape index (κ3) is 5.02. The number of carbonyl (C=O) groups is 3. The van der Waals surface area contributed by atoms with Crippen LogP contribution in [-0.2, 0) is 4.79 Å². The Labute approximate surface area is 172 Å². The molecule has 0 saturated carbocycles. The number of amides is 3. The van der Waals surface area contributed by atoms with Crippen molar-refractivity contribution in [2.24, 2.45) is 0 Å². The number of carboxylic acids is 1. The summed E-state index contributed by atoms with van der Waals surface area (Å²) in [5, 5.41) is 20.7. The van der Waals surface area contributed by atoms with Gasteiger partial charge in [0, 0.05) is 23.0 Å². The first kappa shape index (κ1) is 20.6. The van der Waals surface area contributed by atoms with Crippen LogP contribution in [0.2, 0.25) is 0 Å². The number of hydrogen-bond donors (Lipinski definition) is 4. The second-order valence-electron chi connectivity index (χ2n) is 6.98. The van der Waals surface area contributed by atoms with E-state index in [0.29, 0.717) is 22.6 Å². The number of anilines is 2. The van der Waals surface area contributed by atoms with Gasteiger partial charge in [-0.25, -0.2) is 9.59 Å². The minimum absolute atomic E-state index is 0.108. The molecule has 0 aliphatic carbocycles. The van der Waals surface area contributed by atoms with Gasteiger partial charge in [0.05, 0.1) is 0 Å². The summed E-state index contributed by atoms with van der Waals surface area (Å²) in [6.07, 6.45) is 0. The van der Waals surface area contributed by atoms with E-state index in [-0.39, 0.29) is 11.8 Å². The highest BCUT2D eigenvalue weighted by molar-refractivity contribution is 6.00. The molecule has 0 aliphatic heterocycles. The van der Waals surface area contributed by atoms with E-state index >= 15 is 0 Å². The van der Waals surface area contributed by atoms with Crippen molar-refractivity contribution in [3.05, 3.63) is 66.4 Å². The third-order valence-electron chi connectivity index (χ3n) is 4.16. The van der Waals surface area contributed by atoms with E-state index in [1.807, 2.05) is 18.2 Å². The fourth-order valence-electron chi connectivity index (χ4n) is 2.46. The Morgan fingerprint density at radius 2 is 1.53 bits per heavy atom. The van der Waals surface area contributed by atoms with Crippen molar-refractivity contribution in [2.45, 2.75) is 19.4 Å². The Morgan fingerprint density at radius 3 is 2.13 bits per heavy atom. The topological polar surface area (TPSA) is 134 Å². The predicted octanol–water partition coefficient (Wildman–Crippen LogP) is 3.58. The summed E-state index contributed by atoms with van der Waals surface area (Å²) in [5.74, 6) is -1.96.